The van der Waals surface area contributed by atoms with Gasteiger partial charge in [0.15, 0.2) is 11.6 Å². The molecule has 0 aliphatic carbocycles. The highest BCUT2D eigenvalue weighted by Gasteiger charge is 2.43. The standard InChI is InChI=1S/C29H40FNO5/c1-21-12-6-7-15-24(21)35-25-16-10-14-23(26(25)30)29(33,17-8-9-19-34-5)22-13-11-18-31(20-22)27(32)36-28(2,3)4/h6-7,10,12,14-16,22,33H,8-9,11,13,17-20H2,1-5H3/t22?,29-/m0/s1. The maximum atomic E-state index is 16.0. The molecule has 1 N–H and O–H groups in total. The minimum atomic E-state index is -1.48. The van der Waals surface area contributed by atoms with E-state index >= 15 is 4.39 Å². The fraction of sp³-hybridized carbons (Fsp3) is 0.552. The summed E-state index contributed by atoms with van der Waals surface area (Å²) in [7, 11) is 1.64. The third kappa shape index (κ3) is 6.98. The molecular weight excluding hydrogens is 461 g/mol. The van der Waals surface area contributed by atoms with E-state index in [1.807, 2.05) is 45.9 Å². The molecule has 1 aliphatic heterocycles. The molecule has 3 rings (SSSR count). The Morgan fingerprint density at radius 1 is 1.11 bits per heavy atom. The zero-order valence-electron chi connectivity index (χ0n) is 22.2. The van der Waals surface area contributed by atoms with Crippen molar-refractivity contribution in [2.75, 3.05) is 26.8 Å². The van der Waals surface area contributed by atoms with E-state index in [4.69, 9.17) is 14.2 Å². The summed E-state index contributed by atoms with van der Waals surface area (Å²) in [5.41, 5.74) is -1.02. The molecular formula is C29H40FNO5. The van der Waals surface area contributed by atoms with Gasteiger partial charge in [0.2, 0.25) is 0 Å². The summed E-state index contributed by atoms with van der Waals surface area (Å²) in [5, 5.41) is 12.1. The van der Waals surface area contributed by atoms with Crippen molar-refractivity contribution in [1.29, 1.82) is 0 Å². The van der Waals surface area contributed by atoms with Crippen LogP contribution in [0.15, 0.2) is 42.5 Å². The molecule has 1 aliphatic rings. The Hall–Kier alpha value is -2.64. The first-order valence-electron chi connectivity index (χ1n) is 12.8. The van der Waals surface area contributed by atoms with Crippen LogP contribution in [0.1, 0.15) is 64.0 Å². The van der Waals surface area contributed by atoms with Crippen LogP contribution in [0.4, 0.5) is 9.18 Å². The molecule has 7 heteroatoms. The first-order valence-corrected chi connectivity index (χ1v) is 12.8. The summed E-state index contributed by atoms with van der Waals surface area (Å²) >= 11 is 0. The first kappa shape index (κ1) is 27.9. The largest absolute Gasteiger partial charge is 0.454 e. The number of para-hydroxylation sites is 1. The number of carbonyl (C=O) groups is 1. The molecule has 0 spiro atoms. The number of aryl methyl sites for hydroxylation is 1. The summed E-state index contributed by atoms with van der Waals surface area (Å²) in [4.78, 5) is 14.4. The molecule has 36 heavy (non-hydrogen) atoms. The van der Waals surface area contributed by atoms with Gasteiger partial charge in [0.05, 0.1) is 5.60 Å². The second kappa shape index (κ2) is 12.1. The average molecular weight is 502 g/mol. The van der Waals surface area contributed by atoms with Crippen molar-refractivity contribution in [3.05, 3.63) is 59.4 Å². The van der Waals surface area contributed by atoms with Crippen molar-refractivity contribution >= 4 is 6.09 Å². The van der Waals surface area contributed by atoms with Crippen LogP contribution < -0.4 is 4.74 Å². The average Bonchev–Trinajstić information content (AvgIpc) is 2.83. The zero-order chi connectivity index (χ0) is 26.3. The molecule has 0 aromatic heterocycles. The Kier molecular flexibility index (Phi) is 9.36. The van der Waals surface area contributed by atoms with Crippen LogP contribution in [0.3, 0.4) is 0 Å². The van der Waals surface area contributed by atoms with Crippen LogP contribution in [-0.4, -0.2) is 48.5 Å². The number of carbonyl (C=O) groups excluding carboxylic acids is 1. The van der Waals surface area contributed by atoms with E-state index in [1.54, 1.807) is 36.3 Å². The van der Waals surface area contributed by atoms with E-state index in [0.29, 0.717) is 44.6 Å². The predicted octanol–water partition coefficient (Wildman–Crippen LogP) is 6.58. The van der Waals surface area contributed by atoms with Gasteiger partial charge in [0.25, 0.3) is 0 Å². The zero-order valence-corrected chi connectivity index (χ0v) is 22.2. The molecule has 1 saturated heterocycles. The molecule has 2 aromatic carbocycles. The Morgan fingerprint density at radius 3 is 2.53 bits per heavy atom. The van der Waals surface area contributed by atoms with Gasteiger partial charge in [0.1, 0.15) is 11.4 Å². The minimum absolute atomic E-state index is 0.0666. The van der Waals surface area contributed by atoms with Gasteiger partial charge in [-0.1, -0.05) is 30.3 Å². The van der Waals surface area contributed by atoms with Crippen LogP contribution in [0.2, 0.25) is 0 Å². The van der Waals surface area contributed by atoms with E-state index < -0.39 is 23.1 Å². The SMILES string of the molecule is COCCCC[C@@](O)(c1cccc(Oc2ccccc2C)c1F)C1CCCN(C(=O)OC(C)(C)C)C1. The van der Waals surface area contributed by atoms with Gasteiger partial charge in [-0.2, -0.15) is 0 Å². The normalized spacial score (nSPS) is 18.0. The summed E-state index contributed by atoms with van der Waals surface area (Å²) in [6.07, 6.45) is 2.69. The topological polar surface area (TPSA) is 68.2 Å². The van der Waals surface area contributed by atoms with Crippen molar-refractivity contribution in [2.45, 2.75) is 71.0 Å². The highest BCUT2D eigenvalue weighted by atomic mass is 19.1. The molecule has 1 amide bonds. The molecule has 1 fully saturated rings. The number of likely N-dealkylation sites (tertiary alicyclic amines) is 1. The van der Waals surface area contributed by atoms with E-state index in [0.717, 1.165) is 12.0 Å². The number of ether oxygens (including phenoxy) is 3. The fourth-order valence-corrected chi connectivity index (χ4v) is 4.77. The highest BCUT2D eigenvalue weighted by molar-refractivity contribution is 5.68. The van der Waals surface area contributed by atoms with Crippen LogP contribution in [0.25, 0.3) is 0 Å². The maximum absolute atomic E-state index is 16.0. The third-order valence-electron chi connectivity index (χ3n) is 6.65. The molecule has 2 atom stereocenters. The van der Waals surface area contributed by atoms with Crippen LogP contribution in [-0.2, 0) is 15.1 Å². The number of hydrogen-bond acceptors (Lipinski definition) is 5. The van der Waals surface area contributed by atoms with E-state index in [-0.39, 0.29) is 23.8 Å². The summed E-state index contributed by atoms with van der Waals surface area (Å²) in [6, 6.07) is 12.3. The number of methoxy groups -OCH3 is 1. The number of aliphatic hydroxyl groups is 1. The summed E-state index contributed by atoms with van der Waals surface area (Å²) in [6.45, 7) is 8.78. The van der Waals surface area contributed by atoms with Crippen molar-refractivity contribution < 1.29 is 28.5 Å². The minimum Gasteiger partial charge on any atom is -0.454 e. The van der Waals surface area contributed by atoms with E-state index in [2.05, 4.69) is 0 Å². The van der Waals surface area contributed by atoms with Gasteiger partial charge in [-0.05, 0) is 77.5 Å². The number of halogens is 1. The lowest BCUT2D eigenvalue weighted by atomic mass is 9.74. The van der Waals surface area contributed by atoms with E-state index in [9.17, 15) is 9.90 Å². The van der Waals surface area contributed by atoms with Crippen LogP contribution >= 0.6 is 0 Å². The number of rotatable bonds is 9. The van der Waals surface area contributed by atoms with Gasteiger partial charge in [-0.25, -0.2) is 9.18 Å². The molecule has 0 radical (unpaired) electrons. The van der Waals surface area contributed by atoms with Gasteiger partial charge < -0.3 is 24.2 Å². The van der Waals surface area contributed by atoms with Gasteiger partial charge in [0, 0.05) is 38.3 Å². The Balaban J connectivity index is 1.92. The molecule has 6 nitrogen and oxygen atoms in total. The van der Waals surface area contributed by atoms with Gasteiger partial charge in [-0.3, -0.25) is 0 Å². The lowest BCUT2D eigenvalue weighted by Gasteiger charge is -2.43. The van der Waals surface area contributed by atoms with Crippen LogP contribution in [0.5, 0.6) is 11.5 Å². The Labute approximate surface area is 214 Å². The van der Waals surface area contributed by atoms with Crippen molar-refractivity contribution in [1.82, 2.24) is 4.90 Å². The molecule has 1 unspecified atom stereocenters. The Morgan fingerprint density at radius 2 is 1.83 bits per heavy atom. The second-order valence-electron chi connectivity index (χ2n) is 10.6. The van der Waals surface area contributed by atoms with Gasteiger partial charge >= 0.3 is 6.09 Å². The molecule has 198 valence electrons. The number of unbranched alkanes of at least 4 members (excludes halogenated alkanes) is 1. The van der Waals surface area contributed by atoms with Crippen molar-refractivity contribution in [3.63, 3.8) is 0 Å². The van der Waals surface area contributed by atoms with Crippen molar-refractivity contribution in [3.8, 4) is 11.5 Å². The number of nitrogens with zero attached hydrogens (tertiary/aromatic N) is 1. The number of hydrogen-bond donors (Lipinski definition) is 1. The number of benzene rings is 2. The first-order chi connectivity index (χ1) is 17.0. The molecule has 1 heterocycles. The number of piperidine rings is 1. The lowest BCUT2D eigenvalue weighted by molar-refractivity contribution is -0.0664. The van der Waals surface area contributed by atoms with Gasteiger partial charge in [-0.15, -0.1) is 0 Å². The smallest absolute Gasteiger partial charge is 0.410 e. The molecule has 0 saturated carbocycles. The quantitative estimate of drug-likeness (QED) is 0.393. The van der Waals surface area contributed by atoms with Crippen molar-refractivity contribution in [2.24, 2.45) is 5.92 Å². The Bertz CT molecular complexity index is 1020. The lowest BCUT2D eigenvalue weighted by Crippen LogP contribution is -2.49. The maximum Gasteiger partial charge on any atom is 0.410 e. The third-order valence-corrected chi connectivity index (χ3v) is 6.65. The monoisotopic (exact) mass is 501 g/mol. The molecule has 2 aromatic rings. The molecule has 0 bridgehead atoms. The second-order valence-corrected chi connectivity index (χ2v) is 10.6. The predicted molar refractivity (Wildman–Crippen MR) is 138 cm³/mol. The number of amides is 1. The fourth-order valence-electron chi connectivity index (χ4n) is 4.77. The van der Waals surface area contributed by atoms with Crippen LogP contribution in [0, 0.1) is 18.7 Å². The van der Waals surface area contributed by atoms with E-state index in [1.165, 1.54) is 0 Å². The summed E-state index contributed by atoms with van der Waals surface area (Å²) < 4.78 is 32.7. The summed E-state index contributed by atoms with van der Waals surface area (Å²) in [5.74, 6) is -0.309. The highest BCUT2D eigenvalue weighted by Crippen LogP contribution is 2.43.